The average molecular weight is 297 g/mol. The van der Waals surface area contributed by atoms with E-state index in [2.05, 4.69) is 26.9 Å². The first-order chi connectivity index (χ1) is 10.7. The molecule has 2 aromatic rings. The number of likely N-dealkylation sites (N-methyl/N-ethyl adjacent to an activating group) is 1. The lowest BCUT2D eigenvalue weighted by molar-refractivity contribution is 0.0762. The van der Waals surface area contributed by atoms with E-state index in [1.165, 1.54) is 6.33 Å². The van der Waals surface area contributed by atoms with Gasteiger partial charge in [-0.25, -0.2) is 9.97 Å². The Balaban J connectivity index is 1.81. The molecule has 6 heteroatoms. The Morgan fingerprint density at radius 1 is 1.14 bits per heavy atom. The molecule has 1 aliphatic heterocycles. The van der Waals surface area contributed by atoms with Gasteiger partial charge in [0.15, 0.2) is 0 Å². The van der Waals surface area contributed by atoms with Crippen LogP contribution < -0.4 is 0 Å². The molecule has 0 saturated carbocycles. The molecular formula is C16H19N5O. The van der Waals surface area contributed by atoms with E-state index in [1.54, 1.807) is 24.7 Å². The number of carbonyl (C=O) groups is 1. The van der Waals surface area contributed by atoms with E-state index in [1.807, 2.05) is 11.0 Å². The number of nitrogens with zero attached hydrogens (tertiary/aromatic N) is 5. The lowest BCUT2D eigenvalue weighted by Crippen LogP contribution is -2.34. The molecule has 1 amide bonds. The van der Waals surface area contributed by atoms with E-state index < -0.39 is 0 Å². The van der Waals surface area contributed by atoms with Gasteiger partial charge >= 0.3 is 0 Å². The standard InChI is InChI=1S/C16H19N5O/c1-20-5-2-6-21(8-7-20)16(22)13-3-4-19-15(9-13)14-10-17-12-18-11-14/h3-4,9-12H,2,5-8H2,1H3. The minimum atomic E-state index is 0.0656. The van der Waals surface area contributed by atoms with Crippen molar-refractivity contribution in [2.45, 2.75) is 6.42 Å². The molecule has 0 aromatic carbocycles. The number of aromatic nitrogens is 3. The van der Waals surface area contributed by atoms with E-state index in [-0.39, 0.29) is 5.91 Å². The topological polar surface area (TPSA) is 62.2 Å². The van der Waals surface area contributed by atoms with Crippen molar-refractivity contribution in [1.29, 1.82) is 0 Å². The summed E-state index contributed by atoms with van der Waals surface area (Å²) in [5, 5.41) is 0. The van der Waals surface area contributed by atoms with Crippen LogP contribution in [0.3, 0.4) is 0 Å². The Morgan fingerprint density at radius 2 is 1.95 bits per heavy atom. The Kier molecular flexibility index (Phi) is 4.39. The van der Waals surface area contributed by atoms with Gasteiger partial charge in [0.05, 0.1) is 5.69 Å². The third-order valence-electron chi connectivity index (χ3n) is 3.87. The Morgan fingerprint density at radius 3 is 2.77 bits per heavy atom. The maximum absolute atomic E-state index is 12.7. The normalized spacial score (nSPS) is 16.3. The van der Waals surface area contributed by atoms with Gasteiger partial charge in [-0.15, -0.1) is 0 Å². The Labute approximate surface area is 129 Å². The maximum atomic E-state index is 12.7. The largest absolute Gasteiger partial charge is 0.337 e. The van der Waals surface area contributed by atoms with Gasteiger partial charge in [0.25, 0.3) is 5.91 Å². The fourth-order valence-electron chi connectivity index (χ4n) is 2.58. The van der Waals surface area contributed by atoms with Gasteiger partial charge in [0.2, 0.25) is 0 Å². The van der Waals surface area contributed by atoms with Gasteiger partial charge < -0.3 is 9.80 Å². The highest BCUT2D eigenvalue weighted by atomic mass is 16.2. The van der Waals surface area contributed by atoms with Crippen LogP contribution in [0.4, 0.5) is 0 Å². The van der Waals surface area contributed by atoms with E-state index >= 15 is 0 Å². The van der Waals surface area contributed by atoms with Crippen LogP contribution in [-0.2, 0) is 0 Å². The number of hydrogen-bond donors (Lipinski definition) is 0. The molecule has 0 spiro atoms. The summed E-state index contributed by atoms with van der Waals surface area (Å²) in [7, 11) is 2.09. The smallest absolute Gasteiger partial charge is 0.254 e. The molecule has 1 saturated heterocycles. The van der Waals surface area contributed by atoms with Crippen molar-refractivity contribution < 1.29 is 4.79 Å². The van der Waals surface area contributed by atoms with Crippen molar-refractivity contribution in [3.05, 3.63) is 42.6 Å². The summed E-state index contributed by atoms with van der Waals surface area (Å²) in [6.45, 7) is 3.51. The van der Waals surface area contributed by atoms with Crippen molar-refractivity contribution in [1.82, 2.24) is 24.8 Å². The van der Waals surface area contributed by atoms with E-state index in [0.717, 1.165) is 43.9 Å². The molecule has 3 heterocycles. The summed E-state index contributed by atoms with van der Waals surface area (Å²) in [4.78, 5) is 29.2. The number of pyridine rings is 1. The molecule has 0 unspecified atom stereocenters. The molecule has 0 bridgehead atoms. The van der Waals surface area contributed by atoms with Gasteiger partial charge in [0.1, 0.15) is 6.33 Å². The van der Waals surface area contributed by atoms with E-state index in [4.69, 9.17) is 0 Å². The zero-order chi connectivity index (χ0) is 15.4. The summed E-state index contributed by atoms with van der Waals surface area (Å²) in [6.07, 6.45) is 7.55. The van der Waals surface area contributed by atoms with Gasteiger partial charge in [-0.1, -0.05) is 0 Å². The Bertz CT molecular complexity index is 646. The first kappa shape index (κ1) is 14.6. The summed E-state index contributed by atoms with van der Waals surface area (Å²) < 4.78 is 0. The first-order valence-corrected chi connectivity index (χ1v) is 7.43. The van der Waals surface area contributed by atoms with Gasteiger partial charge in [-0.05, 0) is 32.1 Å². The molecule has 6 nitrogen and oxygen atoms in total. The SMILES string of the molecule is CN1CCCN(C(=O)c2ccnc(-c3cncnc3)c2)CC1. The predicted molar refractivity (Wildman–Crippen MR) is 83.3 cm³/mol. The van der Waals surface area contributed by atoms with Crippen LogP contribution in [0.2, 0.25) is 0 Å². The van der Waals surface area contributed by atoms with Crippen LogP contribution in [0.1, 0.15) is 16.8 Å². The molecule has 1 aliphatic rings. The minimum absolute atomic E-state index is 0.0656. The van der Waals surface area contributed by atoms with Gasteiger partial charge in [-0.2, -0.15) is 0 Å². The highest BCUT2D eigenvalue weighted by Gasteiger charge is 2.19. The molecule has 1 fully saturated rings. The fourth-order valence-corrected chi connectivity index (χ4v) is 2.58. The molecule has 114 valence electrons. The number of hydrogen-bond acceptors (Lipinski definition) is 5. The maximum Gasteiger partial charge on any atom is 0.254 e. The van der Waals surface area contributed by atoms with Crippen molar-refractivity contribution >= 4 is 5.91 Å². The number of carbonyl (C=O) groups excluding carboxylic acids is 1. The second-order valence-corrected chi connectivity index (χ2v) is 5.51. The van der Waals surface area contributed by atoms with Crippen LogP contribution in [0.15, 0.2) is 37.1 Å². The van der Waals surface area contributed by atoms with E-state index in [0.29, 0.717) is 5.56 Å². The molecular weight excluding hydrogens is 278 g/mol. The van der Waals surface area contributed by atoms with Crippen LogP contribution in [-0.4, -0.2) is 63.9 Å². The quantitative estimate of drug-likeness (QED) is 0.836. The van der Waals surface area contributed by atoms with Crippen molar-refractivity contribution in [2.24, 2.45) is 0 Å². The van der Waals surface area contributed by atoms with Crippen LogP contribution in [0.5, 0.6) is 0 Å². The Hall–Kier alpha value is -2.34. The van der Waals surface area contributed by atoms with Crippen LogP contribution in [0, 0.1) is 0 Å². The second-order valence-electron chi connectivity index (χ2n) is 5.51. The molecule has 0 aliphatic carbocycles. The second kappa shape index (κ2) is 6.62. The summed E-state index contributed by atoms with van der Waals surface area (Å²) in [5.74, 6) is 0.0656. The molecule has 0 atom stereocenters. The number of amides is 1. The zero-order valence-corrected chi connectivity index (χ0v) is 12.6. The lowest BCUT2D eigenvalue weighted by atomic mass is 10.1. The van der Waals surface area contributed by atoms with Crippen molar-refractivity contribution in [3.8, 4) is 11.3 Å². The third-order valence-corrected chi connectivity index (χ3v) is 3.87. The molecule has 3 rings (SSSR count). The van der Waals surface area contributed by atoms with Crippen LogP contribution in [0.25, 0.3) is 11.3 Å². The highest BCUT2D eigenvalue weighted by molar-refractivity contribution is 5.95. The van der Waals surface area contributed by atoms with Crippen molar-refractivity contribution in [3.63, 3.8) is 0 Å². The lowest BCUT2D eigenvalue weighted by Gasteiger charge is -2.20. The molecule has 22 heavy (non-hydrogen) atoms. The van der Waals surface area contributed by atoms with E-state index in [9.17, 15) is 4.79 Å². The first-order valence-electron chi connectivity index (χ1n) is 7.43. The van der Waals surface area contributed by atoms with Crippen LogP contribution >= 0.6 is 0 Å². The van der Waals surface area contributed by atoms with Crippen molar-refractivity contribution in [2.75, 3.05) is 33.2 Å². The summed E-state index contributed by atoms with van der Waals surface area (Å²) in [6, 6.07) is 3.58. The summed E-state index contributed by atoms with van der Waals surface area (Å²) in [5.41, 5.74) is 2.20. The molecule has 0 N–H and O–H groups in total. The van der Waals surface area contributed by atoms with Gasteiger partial charge in [0, 0.05) is 49.4 Å². The highest BCUT2D eigenvalue weighted by Crippen LogP contribution is 2.17. The third kappa shape index (κ3) is 3.28. The predicted octanol–water partition coefficient (Wildman–Crippen LogP) is 1.32. The summed E-state index contributed by atoms with van der Waals surface area (Å²) >= 11 is 0. The monoisotopic (exact) mass is 297 g/mol. The minimum Gasteiger partial charge on any atom is -0.337 e. The fraction of sp³-hybridized carbons (Fsp3) is 0.375. The molecule has 2 aromatic heterocycles. The van der Waals surface area contributed by atoms with Gasteiger partial charge in [-0.3, -0.25) is 9.78 Å². The average Bonchev–Trinajstić information content (AvgIpc) is 2.80. The zero-order valence-electron chi connectivity index (χ0n) is 12.6. The molecule has 0 radical (unpaired) electrons. The number of rotatable bonds is 2.